The molecule has 0 spiro atoms. The summed E-state index contributed by atoms with van der Waals surface area (Å²) in [6, 6.07) is 7.23. The van der Waals surface area contributed by atoms with Crippen LogP contribution in [0.4, 0.5) is 0 Å². The summed E-state index contributed by atoms with van der Waals surface area (Å²) in [5.74, 6) is 0.626. The number of nitrogens with two attached hydrogens (primary N) is 1. The van der Waals surface area contributed by atoms with Crippen LogP contribution >= 0.6 is 0 Å². The van der Waals surface area contributed by atoms with Gasteiger partial charge in [0.25, 0.3) is 0 Å². The molecule has 74 valence electrons. The Morgan fingerprint density at radius 1 is 1.43 bits per heavy atom. The fourth-order valence-corrected chi connectivity index (χ4v) is 1.36. The van der Waals surface area contributed by atoms with E-state index in [-0.39, 0.29) is 0 Å². The Hall–Kier alpha value is -1.39. The van der Waals surface area contributed by atoms with E-state index in [9.17, 15) is 5.11 Å². The third kappa shape index (κ3) is 1.49. The van der Waals surface area contributed by atoms with Crippen LogP contribution in [0.5, 0.6) is 0 Å². The second-order valence-electron chi connectivity index (χ2n) is 3.41. The normalized spacial score (nSPS) is 15.6. The van der Waals surface area contributed by atoms with Crippen LogP contribution in [0.2, 0.25) is 0 Å². The molecule has 2 rings (SSSR count). The molecule has 4 nitrogen and oxygen atoms in total. The van der Waals surface area contributed by atoms with E-state index in [2.05, 4.69) is 9.97 Å². The molecule has 0 amide bonds. The highest BCUT2D eigenvalue weighted by atomic mass is 16.3. The van der Waals surface area contributed by atoms with E-state index in [1.165, 1.54) is 0 Å². The number of aromatic amines is 1. The quantitative estimate of drug-likeness (QED) is 0.661. The largest absolute Gasteiger partial charge is 0.391 e. The van der Waals surface area contributed by atoms with E-state index in [1.54, 1.807) is 6.92 Å². The Morgan fingerprint density at radius 3 is 2.79 bits per heavy atom. The highest BCUT2D eigenvalue weighted by molar-refractivity contribution is 5.74. The van der Waals surface area contributed by atoms with Crippen molar-refractivity contribution >= 4 is 11.0 Å². The van der Waals surface area contributed by atoms with Crippen LogP contribution in [0.1, 0.15) is 18.8 Å². The lowest BCUT2D eigenvalue weighted by Gasteiger charge is -2.10. The lowest BCUT2D eigenvalue weighted by Crippen LogP contribution is -2.24. The average molecular weight is 191 g/mol. The number of benzene rings is 1. The lowest BCUT2D eigenvalue weighted by molar-refractivity contribution is 0.161. The number of aliphatic hydroxyl groups is 1. The number of aromatic nitrogens is 2. The SMILES string of the molecule is CC(O)C(N)c1nc2ccccc2[nH]1. The van der Waals surface area contributed by atoms with Crippen LogP contribution in [0.3, 0.4) is 0 Å². The smallest absolute Gasteiger partial charge is 0.126 e. The number of H-pyrrole nitrogens is 1. The predicted octanol–water partition coefficient (Wildman–Crippen LogP) is 0.944. The highest BCUT2D eigenvalue weighted by Crippen LogP contribution is 2.16. The Bertz CT molecular complexity index is 403. The standard InChI is InChI=1S/C10H13N3O/c1-6(14)9(11)10-12-7-4-2-3-5-8(7)13-10/h2-6,9,14H,11H2,1H3,(H,12,13). The minimum atomic E-state index is -0.601. The van der Waals surface area contributed by atoms with Gasteiger partial charge in [0.1, 0.15) is 5.82 Å². The topological polar surface area (TPSA) is 74.9 Å². The molecule has 0 bridgehead atoms. The van der Waals surface area contributed by atoms with Gasteiger partial charge in [-0.05, 0) is 19.1 Å². The maximum absolute atomic E-state index is 9.31. The molecule has 1 heterocycles. The molecule has 0 saturated carbocycles. The van der Waals surface area contributed by atoms with Crippen molar-refractivity contribution in [3.8, 4) is 0 Å². The number of hydrogen-bond acceptors (Lipinski definition) is 3. The van der Waals surface area contributed by atoms with Crippen LogP contribution in [-0.4, -0.2) is 21.2 Å². The molecule has 0 saturated heterocycles. The van der Waals surface area contributed by atoms with Crippen molar-refractivity contribution in [1.82, 2.24) is 9.97 Å². The summed E-state index contributed by atoms with van der Waals surface area (Å²) < 4.78 is 0. The van der Waals surface area contributed by atoms with Crippen molar-refractivity contribution in [2.24, 2.45) is 5.73 Å². The van der Waals surface area contributed by atoms with Gasteiger partial charge in [-0.25, -0.2) is 4.98 Å². The van der Waals surface area contributed by atoms with Crippen molar-refractivity contribution in [1.29, 1.82) is 0 Å². The number of nitrogens with zero attached hydrogens (tertiary/aromatic N) is 1. The van der Waals surface area contributed by atoms with Crippen LogP contribution < -0.4 is 5.73 Å². The molecule has 0 aliphatic carbocycles. The van der Waals surface area contributed by atoms with Gasteiger partial charge in [0, 0.05) is 0 Å². The number of nitrogens with one attached hydrogen (secondary N) is 1. The minimum absolute atomic E-state index is 0.456. The van der Waals surface area contributed by atoms with Gasteiger partial charge in [-0.3, -0.25) is 0 Å². The van der Waals surface area contributed by atoms with Gasteiger partial charge >= 0.3 is 0 Å². The Labute approximate surface area is 81.8 Å². The first-order valence-electron chi connectivity index (χ1n) is 4.57. The van der Waals surface area contributed by atoms with E-state index in [0.29, 0.717) is 5.82 Å². The zero-order valence-electron chi connectivity index (χ0n) is 7.94. The molecule has 2 atom stereocenters. The maximum Gasteiger partial charge on any atom is 0.126 e. The monoisotopic (exact) mass is 191 g/mol. The molecule has 2 unspecified atom stereocenters. The van der Waals surface area contributed by atoms with E-state index < -0.39 is 12.1 Å². The van der Waals surface area contributed by atoms with Crippen LogP contribution in [0.25, 0.3) is 11.0 Å². The molecule has 1 aromatic carbocycles. The summed E-state index contributed by atoms with van der Waals surface area (Å²) >= 11 is 0. The summed E-state index contributed by atoms with van der Waals surface area (Å²) in [7, 11) is 0. The lowest BCUT2D eigenvalue weighted by atomic mass is 10.2. The third-order valence-corrected chi connectivity index (χ3v) is 2.24. The molecule has 14 heavy (non-hydrogen) atoms. The first kappa shape index (κ1) is 9.18. The Morgan fingerprint density at radius 2 is 2.14 bits per heavy atom. The second-order valence-corrected chi connectivity index (χ2v) is 3.41. The van der Waals surface area contributed by atoms with E-state index in [4.69, 9.17) is 5.73 Å². The maximum atomic E-state index is 9.31. The summed E-state index contributed by atoms with van der Waals surface area (Å²) in [4.78, 5) is 7.37. The Balaban J connectivity index is 2.45. The highest BCUT2D eigenvalue weighted by Gasteiger charge is 2.15. The van der Waals surface area contributed by atoms with Gasteiger partial charge in [-0.1, -0.05) is 12.1 Å². The molecule has 2 aromatic rings. The summed E-state index contributed by atoms with van der Waals surface area (Å²) in [5.41, 5.74) is 7.57. The molecular weight excluding hydrogens is 178 g/mol. The van der Waals surface area contributed by atoms with Gasteiger partial charge in [-0.2, -0.15) is 0 Å². The first-order valence-corrected chi connectivity index (χ1v) is 4.57. The van der Waals surface area contributed by atoms with E-state index in [1.807, 2.05) is 24.3 Å². The molecular formula is C10H13N3O. The van der Waals surface area contributed by atoms with E-state index >= 15 is 0 Å². The van der Waals surface area contributed by atoms with Crippen molar-refractivity contribution in [2.75, 3.05) is 0 Å². The summed E-state index contributed by atoms with van der Waals surface area (Å²) in [6.07, 6.45) is -0.601. The van der Waals surface area contributed by atoms with Crippen molar-refractivity contribution in [3.63, 3.8) is 0 Å². The van der Waals surface area contributed by atoms with Gasteiger partial charge in [0.05, 0.1) is 23.2 Å². The minimum Gasteiger partial charge on any atom is -0.391 e. The zero-order chi connectivity index (χ0) is 10.1. The predicted molar refractivity (Wildman–Crippen MR) is 54.7 cm³/mol. The fraction of sp³-hybridized carbons (Fsp3) is 0.300. The molecule has 0 radical (unpaired) electrons. The van der Waals surface area contributed by atoms with Crippen molar-refractivity contribution in [3.05, 3.63) is 30.1 Å². The molecule has 0 fully saturated rings. The number of para-hydroxylation sites is 2. The zero-order valence-corrected chi connectivity index (χ0v) is 7.94. The number of fused-ring (bicyclic) bond motifs is 1. The van der Waals surface area contributed by atoms with Gasteiger partial charge in [-0.15, -0.1) is 0 Å². The molecule has 1 aromatic heterocycles. The van der Waals surface area contributed by atoms with Crippen LogP contribution in [-0.2, 0) is 0 Å². The molecule has 4 N–H and O–H groups in total. The first-order chi connectivity index (χ1) is 6.68. The number of aliphatic hydroxyl groups excluding tert-OH is 1. The number of imidazole rings is 1. The summed E-state index contributed by atoms with van der Waals surface area (Å²) in [5, 5.41) is 9.31. The fourth-order valence-electron chi connectivity index (χ4n) is 1.36. The number of rotatable bonds is 2. The van der Waals surface area contributed by atoms with Gasteiger partial charge < -0.3 is 15.8 Å². The average Bonchev–Trinajstić information content (AvgIpc) is 2.59. The Kier molecular flexibility index (Phi) is 2.23. The molecule has 0 aliphatic heterocycles. The third-order valence-electron chi connectivity index (χ3n) is 2.24. The second kappa shape index (κ2) is 3.40. The molecule has 0 aliphatic rings. The van der Waals surface area contributed by atoms with Gasteiger partial charge in [0.15, 0.2) is 0 Å². The van der Waals surface area contributed by atoms with Crippen molar-refractivity contribution < 1.29 is 5.11 Å². The van der Waals surface area contributed by atoms with Crippen LogP contribution in [0.15, 0.2) is 24.3 Å². The van der Waals surface area contributed by atoms with E-state index in [0.717, 1.165) is 11.0 Å². The summed E-state index contributed by atoms with van der Waals surface area (Å²) in [6.45, 7) is 1.65. The number of hydrogen-bond donors (Lipinski definition) is 3. The molecule has 4 heteroatoms. The van der Waals surface area contributed by atoms with Crippen molar-refractivity contribution in [2.45, 2.75) is 19.1 Å². The van der Waals surface area contributed by atoms with Crippen LogP contribution in [0, 0.1) is 0 Å². The van der Waals surface area contributed by atoms with Gasteiger partial charge in [0.2, 0.25) is 0 Å².